The minimum absolute atomic E-state index is 0.0851. The van der Waals surface area contributed by atoms with E-state index in [4.69, 9.17) is 19.0 Å². The Morgan fingerprint density at radius 2 is 2.14 bits per heavy atom. The molecule has 1 heterocycles. The first-order chi connectivity index (χ1) is 10.4. The van der Waals surface area contributed by atoms with E-state index in [-0.39, 0.29) is 28.6 Å². The molecule has 1 atom stereocenters. The van der Waals surface area contributed by atoms with E-state index in [9.17, 15) is 14.7 Å². The van der Waals surface area contributed by atoms with Crippen LogP contribution < -0.4 is 15.1 Å². The van der Waals surface area contributed by atoms with Crippen LogP contribution in [0.15, 0.2) is 27.4 Å². The summed E-state index contributed by atoms with van der Waals surface area (Å²) in [5, 5.41) is 19.1. The van der Waals surface area contributed by atoms with Crippen molar-refractivity contribution in [2.75, 3.05) is 6.61 Å². The first-order valence-corrected chi connectivity index (χ1v) is 6.74. The zero-order chi connectivity index (χ0) is 16.3. The molecule has 2 aromatic rings. The summed E-state index contributed by atoms with van der Waals surface area (Å²) in [6.07, 6.45) is 0.340. The number of benzene rings is 1. The van der Waals surface area contributed by atoms with Crippen molar-refractivity contribution in [3.05, 3.63) is 28.6 Å². The Labute approximate surface area is 125 Å². The summed E-state index contributed by atoms with van der Waals surface area (Å²) in [4.78, 5) is 22.5. The maximum Gasteiger partial charge on any atom is 0.383 e. The normalized spacial score (nSPS) is 12.1. The van der Waals surface area contributed by atoms with Gasteiger partial charge in [0.25, 0.3) is 0 Å². The SMILES string of the molecule is CCC(C)Oc1c(O)c2c(OCC(=O)O)cccc2oc1=O. The van der Waals surface area contributed by atoms with E-state index in [1.165, 1.54) is 18.2 Å². The molecule has 0 spiro atoms. The molecular weight excluding hydrogens is 292 g/mol. The molecule has 0 aliphatic carbocycles. The first-order valence-electron chi connectivity index (χ1n) is 6.74. The van der Waals surface area contributed by atoms with E-state index in [0.717, 1.165) is 0 Å². The van der Waals surface area contributed by atoms with Gasteiger partial charge in [-0.3, -0.25) is 0 Å². The van der Waals surface area contributed by atoms with Crippen LogP contribution in [0.4, 0.5) is 0 Å². The second-order valence-electron chi connectivity index (χ2n) is 4.72. The molecule has 0 aliphatic heterocycles. The third-order valence-corrected chi connectivity index (χ3v) is 3.07. The van der Waals surface area contributed by atoms with Crippen molar-refractivity contribution in [3.8, 4) is 17.2 Å². The van der Waals surface area contributed by atoms with E-state index in [0.29, 0.717) is 6.42 Å². The Bertz CT molecular complexity index is 747. The fourth-order valence-corrected chi connectivity index (χ4v) is 1.83. The van der Waals surface area contributed by atoms with Crippen LogP contribution in [0, 0.1) is 0 Å². The van der Waals surface area contributed by atoms with Gasteiger partial charge in [-0.05, 0) is 25.5 Å². The van der Waals surface area contributed by atoms with Crippen LogP contribution in [-0.4, -0.2) is 28.9 Å². The highest BCUT2D eigenvalue weighted by Gasteiger charge is 2.20. The van der Waals surface area contributed by atoms with Gasteiger partial charge < -0.3 is 24.1 Å². The minimum atomic E-state index is -1.16. The molecular formula is C15H16O7. The summed E-state index contributed by atoms with van der Waals surface area (Å²) in [7, 11) is 0. The van der Waals surface area contributed by atoms with Gasteiger partial charge in [0.15, 0.2) is 12.4 Å². The molecule has 0 aliphatic rings. The lowest BCUT2D eigenvalue weighted by molar-refractivity contribution is -0.139. The smallest absolute Gasteiger partial charge is 0.383 e. The number of ether oxygens (including phenoxy) is 2. The maximum atomic E-state index is 11.9. The van der Waals surface area contributed by atoms with Gasteiger partial charge in [-0.25, -0.2) is 9.59 Å². The molecule has 7 nitrogen and oxygen atoms in total. The Morgan fingerprint density at radius 1 is 1.41 bits per heavy atom. The van der Waals surface area contributed by atoms with Gasteiger partial charge >= 0.3 is 11.6 Å². The van der Waals surface area contributed by atoms with Crippen molar-refractivity contribution in [1.29, 1.82) is 0 Å². The van der Waals surface area contributed by atoms with Crippen molar-refractivity contribution in [2.24, 2.45) is 0 Å². The molecule has 118 valence electrons. The second-order valence-corrected chi connectivity index (χ2v) is 4.72. The molecule has 1 aromatic heterocycles. The molecule has 0 radical (unpaired) electrons. The lowest BCUT2D eigenvalue weighted by Gasteiger charge is -2.14. The van der Waals surface area contributed by atoms with Crippen LogP contribution in [-0.2, 0) is 4.79 Å². The largest absolute Gasteiger partial charge is 0.503 e. The molecule has 7 heteroatoms. The average molecular weight is 308 g/mol. The fraction of sp³-hybridized carbons (Fsp3) is 0.333. The molecule has 0 bridgehead atoms. The van der Waals surface area contributed by atoms with Crippen molar-refractivity contribution >= 4 is 16.9 Å². The average Bonchev–Trinajstić information content (AvgIpc) is 2.48. The third-order valence-electron chi connectivity index (χ3n) is 3.07. The zero-order valence-electron chi connectivity index (χ0n) is 12.2. The van der Waals surface area contributed by atoms with Crippen molar-refractivity contribution in [2.45, 2.75) is 26.4 Å². The Hall–Kier alpha value is -2.70. The summed E-state index contributed by atoms with van der Waals surface area (Å²) in [6.45, 7) is 3.03. The maximum absolute atomic E-state index is 11.9. The highest BCUT2D eigenvalue weighted by Crippen LogP contribution is 2.38. The lowest BCUT2D eigenvalue weighted by Crippen LogP contribution is -2.16. The van der Waals surface area contributed by atoms with Gasteiger partial charge in [0, 0.05) is 0 Å². The summed E-state index contributed by atoms with van der Waals surface area (Å²) in [5.41, 5.74) is -0.720. The van der Waals surface area contributed by atoms with Gasteiger partial charge in [0.2, 0.25) is 5.75 Å². The summed E-state index contributed by atoms with van der Waals surface area (Å²) in [5.74, 6) is -1.80. The number of aliphatic carboxylic acids is 1. The highest BCUT2D eigenvalue weighted by atomic mass is 16.5. The Balaban J connectivity index is 2.57. The number of hydrogen-bond donors (Lipinski definition) is 2. The van der Waals surface area contributed by atoms with Gasteiger partial charge in [-0.2, -0.15) is 0 Å². The summed E-state index contributed by atoms with van der Waals surface area (Å²) < 4.78 is 15.6. The van der Waals surface area contributed by atoms with Gasteiger partial charge in [-0.1, -0.05) is 13.0 Å². The molecule has 1 aromatic carbocycles. The van der Waals surface area contributed by atoms with Crippen molar-refractivity contribution in [3.63, 3.8) is 0 Å². The van der Waals surface area contributed by atoms with E-state index in [1.54, 1.807) is 6.92 Å². The number of carboxylic acid groups (broad SMARTS) is 1. The number of hydrogen-bond acceptors (Lipinski definition) is 6. The number of aromatic hydroxyl groups is 1. The molecule has 1 unspecified atom stereocenters. The van der Waals surface area contributed by atoms with Crippen LogP contribution in [0.25, 0.3) is 11.0 Å². The highest BCUT2D eigenvalue weighted by molar-refractivity contribution is 5.91. The Kier molecular flexibility index (Phi) is 4.55. The Morgan fingerprint density at radius 3 is 2.77 bits per heavy atom. The molecule has 2 N–H and O–H groups in total. The minimum Gasteiger partial charge on any atom is -0.503 e. The molecule has 0 saturated carbocycles. The topological polar surface area (TPSA) is 106 Å². The zero-order valence-corrected chi connectivity index (χ0v) is 12.2. The van der Waals surface area contributed by atoms with Crippen LogP contribution in [0.5, 0.6) is 17.2 Å². The number of rotatable bonds is 6. The molecule has 22 heavy (non-hydrogen) atoms. The fourth-order valence-electron chi connectivity index (χ4n) is 1.83. The van der Waals surface area contributed by atoms with E-state index in [2.05, 4.69) is 0 Å². The first kappa shape index (κ1) is 15.7. The lowest BCUT2D eigenvalue weighted by atomic mass is 10.2. The van der Waals surface area contributed by atoms with E-state index < -0.39 is 24.0 Å². The summed E-state index contributed by atoms with van der Waals surface area (Å²) >= 11 is 0. The van der Waals surface area contributed by atoms with E-state index in [1.807, 2.05) is 6.92 Å². The monoisotopic (exact) mass is 308 g/mol. The van der Waals surface area contributed by atoms with Crippen LogP contribution in [0.1, 0.15) is 20.3 Å². The number of carboxylic acids is 1. The summed E-state index contributed by atoms with van der Waals surface area (Å²) in [6, 6.07) is 4.46. The van der Waals surface area contributed by atoms with Crippen molar-refractivity contribution in [1.82, 2.24) is 0 Å². The number of carbonyl (C=O) groups is 1. The van der Waals surface area contributed by atoms with Crippen LogP contribution in [0.3, 0.4) is 0 Å². The van der Waals surface area contributed by atoms with Gasteiger partial charge in [0.1, 0.15) is 16.7 Å². The molecule has 0 amide bonds. The predicted octanol–water partition coefficient (Wildman–Crippen LogP) is 2.14. The molecule has 2 rings (SSSR count). The van der Waals surface area contributed by atoms with Gasteiger partial charge in [0.05, 0.1) is 6.10 Å². The number of fused-ring (bicyclic) bond motifs is 1. The quantitative estimate of drug-likeness (QED) is 0.787. The second kappa shape index (κ2) is 6.38. The molecule has 0 saturated heterocycles. The van der Waals surface area contributed by atoms with Crippen LogP contribution in [0.2, 0.25) is 0 Å². The molecule has 0 fully saturated rings. The third kappa shape index (κ3) is 3.13. The van der Waals surface area contributed by atoms with Crippen LogP contribution >= 0.6 is 0 Å². The van der Waals surface area contributed by atoms with E-state index >= 15 is 0 Å². The predicted molar refractivity (Wildman–Crippen MR) is 77.7 cm³/mol. The van der Waals surface area contributed by atoms with Gasteiger partial charge in [-0.15, -0.1) is 0 Å². The standard InChI is InChI=1S/C15H16O7/c1-3-8(2)21-14-13(18)12-9(20-7-11(16)17)5-4-6-10(12)22-15(14)19/h4-6,8,18H,3,7H2,1-2H3,(H,16,17). The van der Waals surface area contributed by atoms with Crippen molar-refractivity contribution < 1.29 is 28.9 Å².